The van der Waals surface area contributed by atoms with Crippen LogP contribution in [0.4, 0.5) is 0 Å². The molecule has 150 valence electrons. The summed E-state index contributed by atoms with van der Waals surface area (Å²) in [5, 5.41) is 2.59. The first-order chi connectivity index (χ1) is 13.1. The van der Waals surface area contributed by atoms with E-state index >= 15 is 0 Å². The smallest absolute Gasteiger partial charge is 0.263 e. The van der Waals surface area contributed by atoms with Gasteiger partial charge in [-0.05, 0) is 47.7 Å². The van der Waals surface area contributed by atoms with Crippen LogP contribution in [0.3, 0.4) is 0 Å². The highest BCUT2D eigenvalue weighted by Gasteiger charge is 2.20. The van der Waals surface area contributed by atoms with Gasteiger partial charge in [0.25, 0.3) is 11.8 Å². The van der Waals surface area contributed by atoms with Crippen molar-refractivity contribution in [2.24, 2.45) is 0 Å². The van der Waals surface area contributed by atoms with Crippen LogP contribution in [-0.4, -0.2) is 36.9 Å². The van der Waals surface area contributed by atoms with Crippen molar-refractivity contribution in [3.63, 3.8) is 0 Å². The minimum Gasteiger partial charge on any atom is -0.481 e. The lowest BCUT2D eigenvalue weighted by Gasteiger charge is -2.23. The number of carbonyl (C=O) groups is 2. The van der Waals surface area contributed by atoms with Gasteiger partial charge in [0.1, 0.15) is 5.75 Å². The van der Waals surface area contributed by atoms with Crippen LogP contribution < -0.4 is 10.1 Å². The fourth-order valence-electron chi connectivity index (χ4n) is 2.86. The summed E-state index contributed by atoms with van der Waals surface area (Å²) in [6.07, 6.45) is -0.587. The molecule has 2 aromatic rings. The summed E-state index contributed by atoms with van der Waals surface area (Å²) in [6.45, 7) is 8.68. The van der Waals surface area contributed by atoms with Crippen LogP contribution in [0.1, 0.15) is 49.2 Å². The molecule has 0 aliphatic rings. The predicted molar refractivity (Wildman–Crippen MR) is 112 cm³/mol. The van der Waals surface area contributed by atoms with Crippen LogP contribution in [0.15, 0.2) is 48.5 Å². The molecule has 0 aliphatic carbocycles. The number of hydrogen-bond acceptors (Lipinski definition) is 3. The third kappa shape index (κ3) is 5.59. The van der Waals surface area contributed by atoms with Crippen LogP contribution in [0.5, 0.6) is 5.75 Å². The molecule has 1 unspecified atom stereocenters. The van der Waals surface area contributed by atoms with Gasteiger partial charge in [-0.25, -0.2) is 0 Å². The lowest BCUT2D eigenvalue weighted by Crippen LogP contribution is -2.37. The number of rotatable bonds is 6. The number of amides is 2. The SMILES string of the molecule is CNC(=O)c1ccc(CN(C)C(=O)C(C)Oc2ccc(C(C)(C)C)cc2)cc1. The molecule has 0 saturated carbocycles. The van der Waals surface area contributed by atoms with E-state index in [9.17, 15) is 9.59 Å². The molecule has 2 rings (SSSR count). The van der Waals surface area contributed by atoms with Gasteiger partial charge in [0.15, 0.2) is 6.10 Å². The predicted octanol–water partition coefficient (Wildman–Crippen LogP) is 3.77. The monoisotopic (exact) mass is 382 g/mol. The Bertz CT molecular complexity index is 805. The molecule has 2 amide bonds. The van der Waals surface area contributed by atoms with Crippen molar-refractivity contribution in [1.82, 2.24) is 10.2 Å². The Kier molecular flexibility index (Phi) is 6.84. The van der Waals surface area contributed by atoms with Crippen molar-refractivity contribution in [1.29, 1.82) is 0 Å². The fourth-order valence-corrected chi connectivity index (χ4v) is 2.86. The minimum absolute atomic E-state index is 0.0769. The number of likely N-dealkylation sites (N-methyl/N-ethyl adjacent to an activating group) is 1. The van der Waals surface area contributed by atoms with E-state index in [0.717, 1.165) is 5.56 Å². The summed E-state index contributed by atoms with van der Waals surface area (Å²) in [7, 11) is 3.35. The Hall–Kier alpha value is -2.82. The molecule has 0 bridgehead atoms. The molecule has 0 saturated heterocycles. The largest absolute Gasteiger partial charge is 0.481 e. The Labute approximate surface area is 167 Å². The van der Waals surface area contributed by atoms with Crippen LogP contribution in [-0.2, 0) is 16.8 Å². The second-order valence-corrected chi connectivity index (χ2v) is 8.00. The lowest BCUT2D eigenvalue weighted by atomic mass is 9.87. The van der Waals surface area contributed by atoms with Crippen LogP contribution >= 0.6 is 0 Å². The van der Waals surface area contributed by atoms with E-state index in [-0.39, 0.29) is 17.2 Å². The molecule has 5 heteroatoms. The molecule has 0 radical (unpaired) electrons. The fraction of sp³-hybridized carbons (Fsp3) is 0.391. The van der Waals surface area contributed by atoms with Gasteiger partial charge in [-0.15, -0.1) is 0 Å². The second kappa shape index (κ2) is 8.91. The highest BCUT2D eigenvalue weighted by Crippen LogP contribution is 2.24. The van der Waals surface area contributed by atoms with Gasteiger partial charge in [-0.1, -0.05) is 45.0 Å². The normalized spacial score (nSPS) is 12.2. The minimum atomic E-state index is -0.587. The highest BCUT2D eigenvalue weighted by atomic mass is 16.5. The van der Waals surface area contributed by atoms with Crippen molar-refractivity contribution in [2.75, 3.05) is 14.1 Å². The molecule has 2 aromatic carbocycles. The van der Waals surface area contributed by atoms with Gasteiger partial charge in [0.2, 0.25) is 0 Å². The number of ether oxygens (including phenoxy) is 1. The quantitative estimate of drug-likeness (QED) is 0.827. The average molecular weight is 383 g/mol. The average Bonchev–Trinajstić information content (AvgIpc) is 2.67. The van der Waals surface area contributed by atoms with Crippen molar-refractivity contribution < 1.29 is 14.3 Å². The molecule has 0 heterocycles. The lowest BCUT2D eigenvalue weighted by molar-refractivity contribution is -0.137. The van der Waals surface area contributed by atoms with E-state index < -0.39 is 6.10 Å². The van der Waals surface area contributed by atoms with E-state index in [1.165, 1.54) is 5.56 Å². The maximum absolute atomic E-state index is 12.6. The summed E-state index contributed by atoms with van der Waals surface area (Å²) >= 11 is 0. The summed E-state index contributed by atoms with van der Waals surface area (Å²) in [6, 6.07) is 15.1. The molecule has 28 heavy (non-hydrogen) atoms. The third-order valence-electron chi connectivity index (χ3n) is 4.62. The standard InChI is InChI=1S/C23H30N2O3/c1-16(28-20-13-11-19(12-14-20)23(2,3)4)22(27)25(6)15-17-7-9-18(10-8-17)21(26)24-5/h7-14,16H,15H2,1-6H3,(H,24,26). The van der Waals surface area contributed by atoms with E-state index in [1.54, 1.807) is 38.1 Å². The van der Waals surface area contributed by atoms with Gasteiger partial charge in [0.05, 0.1) is 0 Å². The van der Waals surface area contributed by atoms with Crippen molar-refractivity contribution in [2.45, 2.75) is 45.8 Å². The molecule has 1 atom stereocenters. The van der Waals surface area contributed by atoms with Crippen LogP contribution in [0.25, 0.3) is 0 Å². The van der Waals surface area contributed by atoms with E-state index in [2.05, 4.69) is 26.1 Å². The van der Waals surface area contributed by atoms with Crippen LogP contribution in [0, 0.1) is 0 Å². The Morgan fingerprint density at radius 2 is 1.61 bits per heavy atom. The Morgan fingerprint density at radius 1 is 1.04 bits per heavy atom. The molecule has 0 fully saturated rings. The van der Waals surface area contributed by atoms with Crippen molar-refractivity contribution >= 4 is 11.8 Å². The summed E-state index contributed by atoms with van der Waals surface area (Å²) in [4.78, 5) is 25.9. The van der Waals surface area contributed by atoms with Gasteiger partial charge in [-0.2, -0.15) is 0 Å². The zero-order valence-electron chi connectivity index (χ0n) is 17.6. The maximum atomic E-state index is 12.6. The molecule has 0 aromatic heterocycles. The number of nitrogens with zero attached hydrogens (tertiary/aromatic N) is 1. The molecule has 0 aliphatic heterocycles. The first-order valence-electron chi connectivity index (χ1n) is 9.45. The van der Waals surface area contributed by atoms with Gasteiger partial charge in [-0.3, -0.25) is 9.59 Å². The molecule has 5 nitrogen and oxygen atoms in total. The zero-order chi connectivity index (χ0) is 20.9. The van der Waals surface area contributed by atoms with Gasteiger partial charge < -0.3 is 15.0 Å². The van der Waals surface area contributed by atoms with E-state index in [4.69, 9.17) is 4.74 Å². The zero-order valence-corrected chi connectivity index (χ0v) is 17.6. The Morgan fingerprint density at radius 3 is 2.11 bits per heavy atom. The number of carbonyl (C=O) groups excluding carboxylic acids is 2. The second-order valence-electron chi connectivity index (χ2n) is 8.00. The first kappa shape index (κ1) is 21.5. The molecular weight excluding hydrogens is 352 g/mol. The third-order valence-corrected chi connectivity index (χ3v) is 4.62. The van der Waals surface area contributed by atoms with E-state index in [0.29, 0.717) is 17.9 Å². The van der Waals surface area contributed by atoms with Gasteiger partial charge in [0, 0.05) is 26.2 Å². The summed E-state index contributed by atoms with van der Waals surface area (Å²) < 4.78 is 5.82. The highest BCUT2D eigenvalue weighted by molar-refractivity contribution is 5.93. The van der Waals surface area contributed by atoms with Crippen molar-refractivity contribution in [3.05, 3.63) is 65.2 Å². The van der Waals surface area contributed by atoms with Gasteiger partial charge >= 0.3 is 0 Å². The number of benzene rings is 2. The van der Waals surface area contributed by atoms with E-state index in [1.807, 2.05) is 36.4 Å². The molecular formula is C23H30N2O3. The summed E-state index contributed by atoms with van der Waals surface area (Å²) in [5.74, 6) is 0.447. The number of nitrogens with one attached hydrogen (secondary N) is 1. The topological polar surface area (TPSA) is 58.6 Å². The first-order valence-corrected chi connectivity index (χ1v) is 9.45. The number of hydrogen-bond donors (Lipinski definition) is 1. The Balaban J connectivity index is 1.95. The molecule has 1 N–H and O–H groups in total. The maximum Gasteiger partial charge on any atom is 0.263 e. The van der Waals surface area contributed by atoms with Crippen molar-refractivity contribution in [3.8, 4) is 5.75 Å². The van der Waals surface area contributed by atoms with Crippen LogP contribution in [0.2, 0.25) is 0 Å². The molecule has 0 spiro atoms. The summed E-state index contributed by atoms with van der Waals surface area (Å²) in [5.41, 5.74) is 2.84.